The van der Waals surface area contributed by atoms with Crippen LogP contribution in [0.3, 0.4) is 0 Å². The van der Waals surface area contributed by atoms with Crippen LogP contribution >= 0.6 is 0 Å². The molecule has 0 saturated heterocycles. The number of rotatable bonds is 7. The molecule has 1 atom stereocenters. The van der Waals surface area contributed by atoms with E-state index in [1.165, 1.54) is 131 Å². The second-order valence-electron chi connectivity index (χ2n) is 17.5. The van der Waals surface area contributed by atoms with E-state index >= 15 is 0 Å². The molecule has 6 aromatic carbocycles. The van der Waals surface area contributed by atoms with Crippen LogP contribution in [-0.2, 0) is 5.41 Å². The summed E-state index contributed by atoms with van der Waals surface area (Å²) in [5.74, 6) is 3.25. The van der Waals surface area contributed by atoms with Crippen LogP contribution in [0.5, 0.6) is 0 Å². The van der Waals surface area contributed by atoms with Crippen molar-refractivity contribution in [3.63, 3.8) is 0 Å². The fourth-order valence-corrected chi connectivity index (χ4v) is 11.1. The van der Waals surface area contributed by atoms with Crippen molar-refractivity contribution in [2.45, 2.75) is 95.3 Å². The summed E-state index contributed by atoms with van der Waals surface area (Å²) in [7, 11) is 0. The van der Waals surface area contributed by atoms with Crippen LogP contribution in [0.4, 0.5) is 17.1 Å². The van der Waals surface area contributed by atoms with Crippen LogP contribution < -0.4 is 4.90 Å². The Labute approximate surface area is 323 Å². The molecule has 0 amide bonds. The van der Waals surface area contributed by atoms with Gasteiger partial charge in [0.2, 0.25) is 0 Å². The van der Waals surface area contributed by atoms with E-state index in [1.54, 1.807) is 5.56 Å². The maximum absolute atomic E-state index is 2.52. The summed E-state index contributed by atoms with van der Waals surface area (Å²) in [4.78, 5) is 2.52. The molecular formula is C53H53N. The Morgan fingerprint density at radius 3 is 1.69 bits per heavy atom. The smallest absolute Gasteiger partial charge is 0.0465 e. The van der Waals surface area contributed by atoms with Gasteiger partial charge in [0.1, 0.15) is 0 Å². The van der Waals surface area contributed by atoms with Crippen molar-refractivity contribution in [3.05, 3.63) is 162 Å². The minimum absolute atomic E-state index is 0.140. The molecule has 11 rings (SSSR count). The average molecular weight is 704 g/mol. The van der Waals surface area contributed by atoms with E-state index < -0.39 is 0 Å². The van der Waals surface area contributed by atoms with Gasteiger partial charge in [-0.25, -0.2) is 0 Å². The number of anilines is 3. The molecule has 1 heteroatoms. The Morgan fingerprint density at radius 2 is 1.04 bits per heavy atom. The van der Waals surface area contributed by atoms with Crippen LogP contribution in [0.15, 0.2) is 140 Å². The van der Waals surface area contributed by atoms with Gasteiger partial charge in [0.05, 0.1) is 0 Å². The Morgan fingerprint density at radius 1 is 0.463 bits per heavy atom. The first-order valence-electron chi connectivity index (χ1n) is 21.0. The van der Waals surface area contributed by atoms with Crippen molar-refractivity contribution in [2.75, 3.05) is 4.90 Å². The van der Waals surface area contributed by atoms with Crippen LogP contribution in [0, 0.1) is 11.8 Å². The molecule has 5 aliphatic carbocycles. The van der Waals surface area contributed by atoms with Crippen molar-refractivity contribution in [2.24, 2.45) is 11.8 Å². The molecular weight excluding hydrogens is 651 g/mol. The van der Waals surface area contributed by atoms with Crippen molar-refractivity contribution in [1.82, 2.24) is 0 Å². The van der Waals surface area contributed by atoms with Gasteiger partial charge in [0.15, 0.2) is 0 Å². The summed E-state index contributed by atoms with van der Waals surface area (Å²) >= 11 is 0. The minimum Gasteiger partial charge on any atom is -0.310 e. The lowest BCUT2D eigenvalue weighted by Crippen LogP contribution is -2.29. The molecule has 0 aromatic heterocycles. The molecule has 4 saturated carbocycles. The van der Waals surface area contributed by atoms with Gasteiger partial charge >= 0.3 is 0 Å². The first kappa shape index (κ1) is 33.7. The second kappa shape index (κ2) is 13.8. The van der Waals surface area contributed by atoms with Crippen LogP contribution in [0.25, 0.3) is 33.4 Å². The number of fused-ring (bicyclic) bond motifs is 6. The number of benzene rings is 6. The predicted molar refractivity (Wildman–Crippen MR) is 228 cm³/mol. The van der Waals surface area contributed by atoms with Gasteiger partial charge in [0.25, 0.3) is 0 Å². The average Bonchev–Trinajstić information content (AvgIpc) is 3.47. The summed E-state index contributed by atoms with van der Waals surface area (Å²) in [5, 5.41) is 0. The second-order valence-corrected chi connectivity index (χ2v) is 17.5. The van der Waals surface area contributed by atoms with E-state index in [1.807, 2.05) is 0 Å². The van der Waals surface area contributed by atoms with Crippen LogP contribution in [0.1, 0.15) is 112 Å². The van der Waals surface area contributed by atoms with Crippen LogP contribution in [-0.4, -0.2) is 0 Å². The third-order valence-electron chi connectivity index (χ3n) is 14.1. The SMILES string of the molecule is CC1(C)c2cc(-c3ccccc3-c3ccccc3)ccc2-c2ccc(N(c3ccc(C4CCCCC4)cc3)c3ccc(C4CC5CCC4CC5)cc3)cc21. The highest BCUT2D eigenvalue weighted by Crippen LogP contribution is 2.53. The van der Waals surface area contributed by atoms with Gasteiger partial charge in [-0.15, -0.1) is 0 Å². The zero-order valence-corrected chi connectivity index (χ0v) is 32.1. The molecule has 6 aromatic rings. The Kier molecular flexibility index (Phi) is 8.58. The number of hydrogen-bond acceptors (Lipinski definition) is 1. The monoisotopic (exact) mass is 703 g/mol. The summed E-state index contributed by atoms with van der Waals surface area (Å²) in [5.41, 5.74) is 17.3. The fraction of sp³-hybridized carbons (Fsp3) is 0.321. The highest BCUT2D eigenvalue weighted by Gasteiger charge is 2.38. The van der Waals surface area contributed by atoms with Crippen molar-refractivity contribution >= 4 is 17.1 Å². The summed E-state index contributed by atoms with van der Waals surface area (Å²) < 4.78 is 0. The molecule has 4 fully saturated rings. The van der Waals surface area contributed by atoms with Crippen molar-refractivity contribution in [1.29, 1.82) is 0 Å². The molecule has 5 aliphatic rings. The van der Waals surface area contributed by atoms with E-state index in [0.29, 0.717) is 5.92 Å². The van der Waals surface area contributed by atoms with E-state index in [4.69, 9.17) is 0 Å². The first-order chi connectivity index (χ1) is 26.5. The predicted octanol–water partition coefficient (Wildman–Crippen LogP) is 15.1. The largest absolute Gasteiger partial charge is 0.310 e. The highest BCUT2D eigenvalue weighted by atomic mass is 15.1. The Hall–Kier alpha value is -4.88. The third-order valence-corrected chi connectivity index (χ3v) is 14.1. The van der Waals surface area contributed by atoms with Gasteiger partial charge in [0, 0.05) is 22.5 Å². The van der Waals surface area contributed by atoms with Crippen molar-refractivity contribution in [3.8, 4) is 33.4 Å². The molecule has 1 unspecified atom stereocenters. The highest BCUT2D eigenvalue weighted by molar-refractivity contribution is 5.89. The molecule has 1 nitrogen and oxygen atoms in total. The van der Waals surface area contributed by atoms with E-state index in [9.17, 15) is 0 Å². The van der Waals surface area contributed by atoms with E-state index in [2.05, 4.69) is 158 Å². The lowest BCUT2D eigenvalue weighted by Gasteiger charge is -2.42. The zero-order valence-electron chi connectivity index (χ0n) is 32.1. The van der Waals surface area contributed by atoms with Gasteiger partial charge < -0.3 is 4.90 Å². The molecule has 54 heavy (non-hydrogen) atoms. The maximum Gasteiger partial charge on any atom is 0.0465 e. The van der Waals surface area contributed by atoms with Gasteiger partial charge in [-0.3, -0.25) is 0 Å². The molecule has 0 heterocycles. The quantitative estimate of drug-likeness (QED) is 0.160. The molecule has 0 spiro atoms. The number of nitrogens with zero attached hydrogens (tertiary/aromatic N) is 1. The lowest BCUT2D eigenvalue weighted by molar-refractivity contribution is 0.145. The summed E-state index contributed by atoms with van der Waals surface area (Å²) in [6, 6.07) is 53.5. The first-order valence-corrected chi connectivity index (χ1v) is 21.0. The lowest BCUT2D eigenvalue weighted by atomic mass is 9.63. The molecule has 0 radical (unpaired) electrons. The molecule has 270 valence electrons. The topological polar surface area (TPSA) is 3.24 Å². The fourth-order valence-electron chi connectivity index (χ4n) is 11.1. The minimum atomic E-state index is -0.140. The molecule has 0 aliphatic heterocycles. The van der Waals surface area contributed by atoms with E-state index in [0.717, 1.165) is 17.8 Å². The van der Waals surface area contributed by atoms with Gasteiger partial charge in [-0.05, 0) is 154 Å². The molecule has 0 N–H and O–H groups in total. The zero-order chi connectivity index (χ0) is 36.2. The summed E-state index contributed by atoms with van der Waals surface area (Å²) in [6.07, 6.45) is 13.9. The van der Waals surface area contributed by atoms with Crippen LogP contribution in [0.2, 0.25) is 0 Å². The summed E-state index contributed by atoms with van der Waals surface area (Å²) in [6.45, 7) is 4.84. The van der Waals surface area contributed by atoms with Gasteiger partial charge in [-0.2, -0.15) is 0 Å². The number of hydrogen-bond donors (Lipinski definition) is 0. The maximum atomic E-state index is 2.52. The Bertz CT molecular complexity index is 2260. The molecule has 2 bridgehead atoms. The van der Waals surface area contributed by atoms with Crippen molar-refractivity contribution < 1.29 is 0 Å². The van der Waals surface area contributed by atoms with E-state index in [-0.39, 0.29) is 5.41 Å². The standard InChI is InChI=1S/C53H53N/c1-53(2)51-34-42(47-16-10-9-15-46(47)39-13-7-4-8-14-39)25-31-48(51)49-32-30-45(35-52(49)53)54(43-26-21-38(22-27-43)37-11-5-3-6-12-37)44-28-23-41(24-29-44)50-33-36-17-19-40(50)20-18-36/h4,7-10,13-16,21-32,34-37,40,50H,3,5-6,11-12,17-20,33H2,1-2H3. The normalized spacial score (nSPS) is 21.4. The third kappa shape index (κ3) is 5.92. The Balaban J connectivity index is 1.02. The van der Waals surface area contributed by atoms with Gasteiger partial charge in [-0.1, -0.05) is 143 Å².